The molecule has 0 aromatic carbocycles. The highest BCUT2D eigenvalue weighted by Crippen LogP contribution is 2.12. The highest BCUT2D eigenvalue weighted by atomic mass is 16.6. The van der Waals surface area contributed by atoms with Gasteiger partial charge in [-0.1, -0.05) is 71.1 Å². The van der Waals surface area contributed by atoms with Crippen LogP contribution in [0, 0.1) is 0 Å². The van der Waals surface area contributed by atoms with E-state index in [9.17, 15) is 14.4 Å². The second-order valence-corrected chi connectivity index (χ2v) is 6.69. The van der Waals surface area contributed by atoms with Crippen LogP contribution in [0.25, 0.3) is 0 Å². The number of primary amides is 1. The van der Waals surface area contributed by atoms with Gasteiger partial charge in [0.25, 0.3) is 0 Å². The van der Waals surface area contributed by atoms with E-state index in [1.807, 2.05) is 0 Å². The summed E-state index contributed by atoms with van der Waals surface area (Å²) in [5, 5.41) is 0. The highest BCUT2D eigenvalue weighted by molar-refractivity contribution is 5.88. The quantitative estimate of drug-likeness (QED) is 0.250. The van der Waals surface area contributed by atoms with Crippen LogP contribution in [0.4, 0.5) is 0 Å². The van der Waals surface area contributed by atoms with Crippen molar-refractivity contribution in [3.63, 3.8) is 0 Å². The number of hydrogen-bond donors (Lipinski definition) is 2. The fourth-order valence-corrected chi connectivity index (χ4v) is 2.59. The topological polar surface area (TPSA) is 112 Å². The Hall–Kier alpha value is -1.43. The molecule has 0 radical (unpaired) electrons. The van der Waals surface area contributed by atoms with Crippen molar-refractivity contribution in [1.82, 2.24) is 0 Å². The number of carbonyl (C=O) groups excluding carboxylic acids is 3. The van der Waals surface area contributed by atoms with E-state index in [1.54, 1.807) is 0 Å². The van der Waals surface area contributed by atoms with Gasteiger partial charge < -0.3 is 16.2 Å². The molecule has 0 saturated carbocycles. The van der Waals surface area contributed by atoms with E-state index in [-0.39, 0.29) is 19.3 Å². The average molecular weight is 357 g/mol. The fraction of sp³-hybridized carbons (Fsp3) is 0.842. The van der Waals surface area contributed by atoms with Gasteiger partial charge in [-0.15, -0.1) is 0 Å². The Balaban J connectivity index is 3.48. The summed E-state index contributed by atoms with van der Waals surface area (Å²) in [4.78, 5) is 33.7. The minimum atomic E-state index is -0.978. The van der Waals surface area contributed by atoms with E-state index in [2.05, 4.69) is 11.7 Å². The molecule has 25 heavy (non-hydrogen) atoms. The van der Waals surface area contributed by atoms with Crippen molar-refractivity contribution < 1.29 is 19.1 Å². The number of rotatable bonds is 16. The lowest BCUT2D eigenvalue weighted by Crippen LogP contribution is -2.34. The predicted octanol–water partition coefficient (Wildman–Crippen LogP) is 3.35. The van der Waals surface area contributed by atoms with Crippen LogP contribution in [-0.2, 0) is 19.1 Å². The third-order valence-electron chi connectivity index (χ3n) is 4.20. The van der Waals surface area contributed by atoms with Crippen molar-refractivity contribution in [1.29, 1.82) is 0 Å². The van der Waals surface area contributed by atoms with Gasteiger partial charge in [-0.2, -0.15) is 0 Å². The molecule has 0 spiro atoms. The largest absolute Gasteiger partial charge is 0.392 e. The molecule has 0 aliphatic carbocycles. The lowest BCUT2D eigenvalue weighted by atomic mass is 10.1. The summed E-state index contributed by atoms with van der Waals surface area (Å²) < 4.78 is 4.68. The van der Waals surface area contributed by atoms with Gasteiger partial charge in [0.1, 0.15) is 6.04 Å². The smallest absolute Gasteiger partial charge is 0.330 e. The Kier molecular flexibility index (Phi) is 15.1. The monoisotopic (exact) mass is 356 g/mol. The lowest BCUT2D eigenvalue weighted by Gasteiger charge is -2.09. The van der Waals surface area contributed by atoms with Crippen LogP contribution in [0.5, 0.6) is 0 Å². The van der Waals surface area contributed by atoms with Gasteiger partial charge in [0, 0.05) is 12.8 Å². The number of hydrogen-bond acceptors (Lipinski definition) is 5. The summed E-state index contributed by atoms with van der Waals surface area (Å²) in [6, 6.07) is -0.978. The molecule has 0 fully saturated rings. The van der Waals surface area contributed by atoms with Crippen LogP contribution in [0.15, 0.2) is 0 Å². The van der Waals surface area contributed by atoms with Crippen LogP contribution in [0.1, 0.15) is 96.8 Å². The zero-order chi connectivity index (χ0) is 18.9. The Morgan fingerprint density at radius 3 is 1.76 bits per heavy atom. The fourth-order valence-electron chi connectivity index (χ4n) is 2.59. The summed E-state index contributed by atoms with van der Waals surface area (Å²) >= 11 is 0. The van der Waals surface area contributed by atoms with Gasteiger partial charge in [-0.05, 0) is 12.8 Å². The van der Waals surface area contributed by atoms with E-state index in [0.29, 0.717) is 0 Å². The maximum absolute atomic E-state index is 11.6. The molecule has 4 N–H and O–H groups in total. The van der Waals surface area contributed by atoms with Crippen molar-refractivity contribution in [3.8, 4) is 0 Å². The molecule has 1 atom stereocenters. The number of amides is 1. The van der Waals surface area contributed by atoms with Crippen LogP contribution < -0.4 is 11.5 Å². The van der Waals surface area contributed by atoms with Crippen molar-refractivity contribution in [2.45, 2.75) is 103 Å². The standard InChI is InChI=1S/C19H36N2O4/c1-2-3-4-5-6-7-8-9-10-11-12-13-18(23)25-19(24)16(20)14-15-17(21)22/h16H,2-15,20H2,1H3,(H2,21,22)/t16-/m0/s1. The van der Waals surface area contributed by atoms with Gasteiger partial charge in [-0.25, -0.2) is 4.79 Å². The van der Waals surface area contributed by atoms with Crippen molar-refractivity contribution >= 4 is 17.8 Å². The third-order valence-corrected chi connectivity index (χ3v) is 4.20. The molecular weight excluding hydrogens is 320 g/mol. The molecule has 0 aromatic rings. The maximum Gasteiger partial charge on any atom is 0.330 e. The van der Waals surface area contributed by atoms with Crippen LogP contribution in [0.2, 0.25) is 0 Å². The molecule has 0 unspecified atom stereocenters. The number of unbranched alkanes of at least 4 members (excludes halogenated alkanes) is 10. The summed E-state index contributed by atoms with van der Waals surface area (Å²) in [5.41, 5.74) is 10.5. The van der Waals surface area contributed by atoms with E-state index in [0.717, 1.165) is 19.3 Å². The molecule has 0 rings (SSSR count). The number of ether oxygens (including phenoxy) is 1. The molecule has 6 heteroatoms. The van der Waals surface area contributed by atoms with Gasteiger partial charge in [0.15, 0.2) is 0 Å². The number of nitrogens with two attached hydrogens (primary N) is 2. The number of esters is 2. The zero-order valence-corrected chi connectivity index (χ0v) is 15.8. The molecule has 1 amide bonds. The highest BCUT2D eigenvalue weighted by Gasteiger charge is 2.19. The van der Waals surface area contributed by atoms with Gasteiger partial charge in [0.2, 0.25) is 5.91 Å². The first-order valence-electron chi connectivity index (χ1n) is 9.75. The Morgan fingerprint density at radius 2 is 1.28 bits per heavy atom. The van der Waals surface area contributed by atoms with E-state index in [1.165, 1.54) is 51.4 Å². The first-order valence-corrected chi connectivity index (χ1v) is 9.75. The first kappa shape index (κ1) is 23.6. The Morgan fingerprint density at radius 1 is 0.800 bits per heavy atom. The van der Waals surface area contributed by atoms with E-state index in [4.69, 9.17) is 11.5 Å². The van der Waals surface area contributed by atoms with Crippen LogP contribution in [-0.4, -0.2) is 23.9 Å². The third kappa shape index (κ3) is 15.8. The van der Waals surface area contributed by atoms with Gasteiger partial charge in [0.05, 0.1) is 0 Å². The minimum Gasteiger partial charge on any atom is -0.392 e. The zero-order valence-electron chi connectivity index (χ0n) is 15.8. The normalized spacial score (nSPS) is 11.9. The summed E-state index contributed by atoms with van der Waals surface area (Å²) in [5.74, 6) is -1.86. The SMILES string of the molecule is CCCCCCCCCCCCCC(=O)OC(=O)[C@@H](N)CCC(N)=O. The number of carbonyl (C=O) groups is 3. The molecular formula is C19H36N2O4. The Labute approximate surface area is 152 Å². The van der Waals surface area contributed by atoms with Gasteiger partial charge in [-0.3, -0.25) is 9.59 Å². The van der Waals surface area contributed by atoms with E-state index >= 15 is 0 Å². The molecule has 0 heterocycles. The first-order chi connectivity index (χ1) is 12.0. The second kappa shape index (κ2) is 16.1. The summed E-state index contributed by atoms with van der Waals surface area (Å²) in [6.07, 6.45) is 13.5. The molecule has 0 saturated heterocycles. The molecule has 0 aromatic heterocycles. The van der Waals surface area contributed by atoms with Crippen molar-refractivity contribution in [3.05, 3.63) is 0 Å². The van der Waals surface area contributed by atoms with Crippen molar-refractivity contribution in [2.75, 3.05) is 0 Å². The van der Waals surface area contributed by atoms with Gasteiger partial charge >= 0.3 is 11.9 Å². The van der Waals surface area contributed by atoms with Crippen molar-refractivity contribution in [2.24, 2.45) is 11.5 Å². The molecule has 0 aliphatic heterocycles. The Bertz CT molecular complexity index is 386. The summed E-state index contributed by atoms with van der Waals surface area (Å²) in [7, 11) is 0. The van der Waals surface area contributed by atoms with E-state index < -0.39 is 23.9 Å². The molecule has 0 bridgehead atoms. The predicted molar refractivity (Wildman–Crippen MR) is 98.6 cm³/mol. The molecule has 6 nitrogen and oxygen atoms in total. The maximum atomic E-state index is 11.6. The second-order valence-electron chi connectivity index (χ2n) is 6.69. The van der Waals surface area contributed by atoms with Crippen LogP contribution >= 0.6 is 0 Å². The molecule has 0 aliphatic rings. The summed E-state index contributed by atoms with van der Waals surface area (Å²) in [6.45, 7) is 2.23. The molecule has 146 valence electrons. The average Bonchev–Trinajstić information content (AvgIpc) is 2.57. The lowest BCUT2D eigenvalue weighted by molar-refractivity contribution is -0.160. The van der Waals surface area contributed by atoms with Crippen LogP contribution in [0.3, 0.4) is 0 Å². The minimum absolute atomic E-state index is 0.00304.